The van der Waals surface area contributed by atoms with Crippen LogP contribution in [-0.4, -0.2) is 64.9 Å². The van der Waals surface area contributed by atoms with E-state index >= 15 is 0 Å². The second-order valence-corrected chi connectivity index (χ2v) is 11.5. The maximum atomic E-state index is 13.4. The highest BCUT2D eigenvalue weighted by Gasteiger charge is 2.26. The summed E-state index contributed by atoms with van der Waals surface area (Å²) in [4.78, 5) is 59.6. The number of rotatable bonds is 9. The predicted octanol–water partition coefficient (Wildman–Crippen LogP) is 4.90. The predicted molar refractivity (Wildman–Crippen MR) is 168 cm³/mol. The standard InChI is InChI=1S/C34H39N5O5/c40-31(41)22-28(27-13-7-16-35-23-27)36-33(43)26-14-15-30(29(21-26)37-32(42)24-9-3-1-4-10-24)38-17-8-18-39(20-19-38)34(44)25-11-5-2-6-12-25/h2,5-7,11-16,21,23-24,28H,1,3-4,8-10,17-20,22H2,(H,36,43)(H,37,42)(H,40,41). The Morgan fingerprint density at radius 1 is 0.864 bits per heavy atom. The van der Waals surface area contributed by atoms with Crippen LogP contribution in [0.5, 0.6) is 0 Å². The topological polar surface area (TPSA) is 132 Å². The lowest BCUT2D eigenvalue weighted by molar-refractivity contribution is -0.137. The molecule has 5 rings (SSSR count). The highest BCUT2D eigenvalue weighted by molar-refractivity contribution is 6.01. The van der Waals surface area contributed by atoms with Crippen LogP contribution in [0.1, 0.15) is 77.3 Å². The zero-order chi connectivity index (χ0) is 30.9. The number of anilines is 2. The Kier molecular flexibility index (Phi) is 10.2. The minimum Gasteiger partial charge on any atom is -0.481 e. The van der Waals surface area contributed by atoms with Crippen LogP contribution in [0.2, 0.25) is 0 Å². The summed E-state index contributed by atoms with van der Waals surface area (Å²) in [6.07, 6.45) is 8.42. The van der Waals surface area contributed by atoms with E-state index < -0.39 is 17.9 Å². The number of aromatic nitrogens is 1. The van der Waals surface area contributed by atoms with Gasteiger partial charge in [-0.15, -0.1) is 0 Å². The summed E-state index contributed by atoms with van der Waals surface area (Å²) >= 11 is 0. The van der Waals surface area contributed by atoms with Crippen LogP contribution in [0, 0.1) is 5.92 Å². The molecule has 1 saturated carbocycles. The van der Waals surface area contributed by atoms with Gasteiger partial charge in [-0.1, -0.05) is 43.5 Å². The van der Waals surface area contributed by atoms with Crippen molar-refractivity contribution in [2.45, 2.75) is 51.0 Å². The third-order valence-electron chi connectivity index (χ3n) is 8.41. The first-order valence-electron chi connectivity index (χ1n) is 15.4. The SMILES string of the molecule is O=C(O)CC(NC(=O)c1ccc(N2CCCN(C(=O)c3ccccc3)CC2)c(NC(=O)C2CCCCC2)c1)c1cccnc1. The summed E-state index contributed by atoms with van der Waals surface area (Å²) in [6.45, 7) is 2.39. The van der Waals surface area contributed by atoms with Gasteiger partial charge in [-0.25, -0.2) is 0 Å². The van der Waals surface area contributed by atoms with Crippen molar-refractivity contribution in [2.24, 2.45) is 5.92 Å². The van der Waals surface area contributed by atoms with E-state index in [0.29, 0.717) is 48.6 Å². The minimum absolute atomic E-state index is 0.00479. The molecule has 1 atom stereocenters. The molecule has 1 saturated heterocycles. The fraction of sp³-hybridized carbons (Fsp3) is 0.382. The highest BCUT2D eigenvalue weighted by Crippen LogP contribution is 2.32. The van der Waals surface area contributed by atoms with Gasteiger partial charge in [0, 0.05) is 55.6 Å². The van der Waals surface area contributed by atoms with Gasteiger partial charge in [0.15, 0.2) is 0 Å². The number of nitrogens with zero attached hydrogens (tertiary/aromatic N) is 3. The van der Waals surface area contributed by atoms with Crippen LogP contribution < -0.4 is 15.5 Å². The largest absolute Gasteiger partial charge is 0.481 e. The number of carbonyl (C=O) groups is 4. The zero-order valence-corrected chi connectivity index (χ0v) is 24.8. The van der Waals surface area contributed by atoms with Crippen molar-refractivity contribution < 1.29 is 24.3 Å². The maximum Gasteiger partial charge on any atom is 0.305 e. The number of carboxylic acid groups (broad SMARTS) is 1. The lowest BCUT2D eigenvalue weighted by Crippen LogP contribution is -2.35. The monoisotopic (exact) mass is 597 g/mol. The van der Waals surface area contributed by atoms with E-state index in [9.17, 15) is 24.3 Å². The molecule has 10 nitrogen and oxygen atoms in total. The van der Waals surface area contributed by atoms with E-state index in [4.69, 9.17) is 0 Å². The Balaban J connectivity index is 1.38. The van der Waals surface area contributed by atoms with E-state index in [-0.39, 0.29) is 24.2 Å². The molecule has 3 amide bonds. The number of hydrogen-bond acceptors (Lipinski definition) is 6. The molecule has 2 fully saturated rings. The van der Waals surface area contributed by atoms with Gasteiger partial charge in [-0.05, 0) is 61.2 Å². The molecule has 44 heavy (non-hydrogen) atoms. The van der Waals surface area contributed by atoms with Gasteiger partial charge in [0.2, 0.25) is 5.91 Å². The quantitative estimate of drug-likeness (QED) is 0.320. The Hall–Kier alpha value is -4.73. The van der Waals surface area contributed by atoms with E-state index in [1.54, 1.807) is 30.5 Å². The Labute approximate surface area is 257 Å². The van der Waals surface area contributed by atoms with Crippen LogP contribution in [0.25, 0.3) is 0 Å². The summed E-state index contributed by atoms with van der Waals surface area (Å²) in [6, 6.07) is 17.1. The number of benzene rings is 2. The molecule has 230 valence electrons. The van der Waals surface area contributed by atoms with E-state index in [0.717, 1.165) is 44.2 Å². The van der Waals surface area contributed by atoms with Gasteiger partial charge in [0.1, 0.15) is 0 Å². The highest BCUT2D eigenvalue weighted by atomic mass is 16.4. The van der Waals surface area contributed by atoms with Gasteiger partial charge in [-0.3, -0.25) is 24.2 Å². The summed E-state index contributed by atoms with van der Waals surface area (Å²) < 4.78 is 0. The number of hydrogen-bond donors (Lipinski definition) is 3. The smallest absolute Gasteiger partial charge is 0.305 e. The number of aliphatic carboxylic acids is 1. The first kappa shape index (κ1) is 30.7. The molecule has 0 radical (unpaired) electrons. The molecule has 2 heterocycles. The molecule has 1 unspecified atom stereocenters. The van der Waals surface area contributed by atoms with Crippen LogP contribution in [0.15, 0.2) is 73.1 Å². The summed E-state index contributed by atoms with van der Waals surface area (Å²) in [5, 5.41) is 15.4. The van der Waals surface area contributed by atoms with E-state index in [2.05, 4.69) is 20.5 Å². The van der Waals surface area contributed by atoms with Crippen LogP contribution in [0.3, 0.4) is 0 Å². The molecule has 0 spiro atoms. The summed E-state index contributed by atoms with van der Waals surface area (Å²) in [5.41, 5.74) is 2.87. The molecular weight excluding hydrogens is 558 g/mol. The molecule has 1 aliphatic carbocycles. The van der Waals surface area contributed by atoms with Crippen molar-refractivity contribution in [3.63, 3.8) is 0 Å². The van der Waals surface area contributed by atoms with E-state index in [1.165, 1.54) is 6.20 Å². The van der Waals surface area contributed by atoms with E-state index in [1.807, 2.05) is 41.3 Å². The van der Waals surface area contributed by atoms with Crippen LogP contribution in [0.4, 0.5) is 11.4 Å². The lowest BCUT2D eigenvalue weighted by atomic mass is 9.88. The summed E-state index contributed by atoms with van der Waals surface area (Å²) in [5.74, 6) is -1.64. The molecule has 1 aromatic heterocycles. The number of carbonyl (C=O) groups excluding carboxylic acids is 3. The Morgan fingerprint density at radius 2 is 1.66 bits per heavy atom. The average molecular weight is 598 g/mol. The second-order valence-electron chi connectivity index (χ2n) is 11.5. The van der Waals surface area contributed by atoms with Gasteiger partial charge in [0.05, 0.1) is 23.8 Å². The van der Waals surface area contributed by atoms with Gasteiger partial charge < -0.3 is 25.5 Å². The third kappa shape index (κ3) is 7.80. The van der Waals surface area contributed by atoms with Crippen molar-refractivity contribution in [1.29, 1.82) is 0 Å². The van der Waals surface area contributed by atoms with Crippen molar-refractivity contribution in [1.82, 2.24) is 15.2 Å². The first-order chi connectivity index (χ1) is 21.4. The molecule has 1 aliphatic heterocycles. The molecule has 3 aromatic rings. The normalized spacial score (nSPS) is 16.5. The molecule has 0 bridgehead atoms. The van der Waals surface area contributed by atoms with Gasteiger partial charge in [-0.2, -0.15) is 0 Å². The lowest BCUT2D eigenvalue weighted by Gasteiger charge is -2.28. The van der Waals surface area contributed by atoms with Crippen molar-refractivity contribution in [3.05, 3.63) is 89.7 Å². The van der Waals surface area contributed by atoms with Crippen molar-refractivity contribution in [3.8, 4) is 0 Å². The van der Waals surface area contributed by atoms with Crippen LogP contribution >= 0.6 is 0 Å². The molecule has 10 heteroatoms. The van der Waals surface area contributed by atoms with Crippen LogP contribution in [-0.2, 0) is 9.59 Å². The maximum absolute atomic E-state index is 13.4. The van der Waals surface area contributed by atoms with Gasteiger partial charge in [0.25, 0.3) is 11.8 Å². The molecule has 2 aromatic carbocycles. The Bertz CT molecular complexity index is 1460. The zero-order valence-electron chi connectivity index (χ0n) is 24.8. The summed E-state index contributed by atoms with van der Waals surface area (Å²) in [7, 11) is 0. The average Bonchev–Trinajstić information content (AvgIpc) is 3.31. The molecule has 3 N–H and O–H groups in total. The number of pyridine rings is 1. The molecule has 2 aliphatic rings. The van der Waals surface area contributed by atoms with Crippen molar-refractivity contribution in [2.75, 3.05) is 36.4 Å². The minimum atomic E-state index is -1.05. The number of amides is 3. The Morgan fingerprint density at radius 3 is 2.39 bits per heavy atom. The van der Waals surface area contributed by atoms with Gasteiger partial charge >= 0.3 is 5.97 Å². The number of nitrogens with one attached hydrogen (secondary N) is 2. The van der Waals surface area contributed by atoms with Crippen molar-refractivity contribution >= 4 is 35.1 Å². The second kappa shape index (κ2) is 14.6. The third-order valence-corrected chi connectivity index (χ3v) is 8.41. The number of carboxylic acids is 1. The fourth-order valence-electron chi connectivity index (χ4n) is 6.03. The fourth-order valence-corrected chi connectivity index (χ4v) is 6.03. The first-order valence-corrected chi connectivity index (χ1v) is 15.4. The molecular formula is C34H39N5O5.